The Kier molecular flexibility index (Phi) is 8.88. The van der Waals surface area contributed by atoms with Gasteiger partial charge in [0.25, 0.3) is 0 Å². The van der Waals surface area contributed by atoms with Gasteiger partial charge in [-0.05, 0) is 30.7 Å². The number of unbranched alkanes of at least 4 members (excludes halogenated alkanes) is 5. The highest BCUT2D eigenvalue weighted by Gasteiger charge is 2.18. The number of rotatable bonds is 10. The smallest absolute Gasteiger partial charge is 0.362 e. The number of carbonyl (C=O) groups is 2. The zero-order valence-electron chi connectivity index (χ0n) is 15.7. The largest absolute Gasteiger partial charge is 0.461 e. The minimum Gasteiger partial charge on any atom is -0.461 e. The van der Waals surface area contributed by atoms with Gasteiger partial charge in [-0.3, -0.25) is 0 Å². The Balaban J connectivity index is 1.90. The molecule has 150 valence electrons. The first kappa shape index (κ1) is 21.8. The van der Waals surface area contributed by atoms with Crippen LogP contribution in [-0.4, -0.2) is 23.5 Å². The standard InChI is InChI=1S/C21H23ClFNO4/c1-2-3-4-5-6-7-14-27-20(25)17-12-9-13-18(24-17)21(26)28-19-15(22)10-8-11-16(19)23/h8-13H,2-7,14H2,1H3. The van der Waals surface area contributed by atoms with Crippen molar-refractivity contribution >= 4 is 23.5 Å². The second-order valence-corrected chi connectivity index (χ2v) is 6.66. The summed E-state index contributed by atoms with van der Waals surface area (Å²) in [6.45, 7) is 2.45. The second kappa shape index (κ2) is 11.4. The fourth-order valence-corrected chi connectivity index (χ4v) is 2.71. The number of benzene rings is 1. The van der Waals surface area contributed by atoms with Crippen LogP contribution in [0.5, 0.6) is 5.75 Å². The zero-order valence-corrected chi connectivity index (χ0v) is 16.5. The lowest BCUT2D eigenvalue weighted by molar-refractivity contribution is 0.0490. The van der Waals surface area contributed by atoms with Gasteiger partial charge in [-0.25, -0.2) is 19.0 Å². The van der Waals surface area contributed by atoms with Crippen molar-refractivity contribution in [1.82, 2.24) is 4.98 Å². The third kappa shape index (κ3) is 6.60. The van der Waals surface area contributed by atoms with E-state index < -0.39 is 17.8 Å². The summed E-state index contributed by atoms with van der Waals surface area (Å²) in [6.07, 6.45) is 6.47. The molecule has 0 radical (unpaired) electrons. The molecule has 28 heavy (non-hydrogen) atoms. The first-order valence-electron chi connectivity index (χ1n) is 9.33. The van der Waals surface area contributed by atoms with Crippen LogP contribution in [-0.2, 0) is 4.74 Å². The molecule has 1 aromatic heterocycles. The Hall–Kier alpha value is -2.47. The highest BCUT2D eigenvalue weighted by Crippen LogP contribution is 2.27. The molecule has 0 amide bonds. The van der Waals surface area contributed by atoms with Crippen molar-refractivity contribution in [1.29, 1.82) is 0 Å². The van der Waals surface area contributed by atoms with Crippen LogP contribution in [0.3, 0.4) is 0 Å². The van der Waals surface area contributed by atoms with E-state index in [4.69, 9.17) is 21.1 Å². The first-order chi connectivity index (χ1) is 13.5. The van der Waals surface area contributed by atoms with E-state index in [1.165, 1.54) is 49.6 Å². The number of hydrogen-bond donors (Lipinski definition) is 0. The number of aromatic nitrogens is 1. The summed E-state index contributed by atoms with van der Waals surface area (Å²) in [6, 6.07) is 8.20. The number of esters is 2. The Bertz CT molecular complexity index is 792. The Morgan fingerprint density at radius 2 is 1.61 bits per heavy atom. The van der Waals surface area contributed by atoms with Crippen LogP contribution in [0.25, 0.3) is 0 Å². The topological polar surface area (TPSA) is 65.5 Å². The minimum absolute atomic E-state index is 0.0138. The second-order valence-electron chi connectivity index (χ2n) is 6.25. The lowest BCUT2D eigenvalue weighted by Gasteiger charge is -2.08. The van der Waals surface area contributed by atoms with Crippen LogP contribution in [0.2, 0.25) is 5.02 Å². The summed E-state index contributed by atoms with van der Waals surface area (Å²) < 4.78 is 23.9. The summed E-state index contributed by atoms with van der Waals surface area (Å²) >= 11 is 5.84. The van der Waals surface area contributed by atoms with Gasteiger partial charge in [-0.15, -0.1) is 0 Å². The molecule has 1 heterocycles. The Morgan fingerprint density at radius 1 is 0.964 bits per heavy atom. The molecule has 0 fully saturated rings. The maximum absolute atomic E-state index is 13.7. The van der Waals surface area contributed by atoms with Crippen molar-refractivity contribution in [3.63, 3.8) is 0 Å². The fourth-order valence-electron chi connectivity index (χ4n) is 2.51. The molecule has 2 rings (SSSR count). The van der Waals surface area contributed by atoms with E-state index in [1.54, 1.807) is 0 Å². The van der Waals surface area contributed by atoms with Gasteiger partial charge in [0.2, 0.25) is 0 Å². The molecular weight excluding hydrogens is 385 g/mol. The van der Waals surface area contributed by atoms with Crippen LogP contribution in [0.1, 0.15) is 66.4 Å². The van der Waals surface area contributed by atoms with E-state index in [9.17, 15) is 14.0 Å². The quantitative estimate of drug-likeness (QED) is 0.291. The number of ether oxygens (including phenoxy) is 2. The monoisotopic (exact) mass is 407 g/mol. The molecule has 0 saturated heterocycles. The number of hydrogen-bond acceptors (Lipinski definition) is 5. The highest BCUT2D eigenvalue weighted by molar-refractivity contribution is 6.32. The molecule has 7 heteroatoms. The number of nitrogens with zero attached hydrogens (tertiary/aromatic N) is 1. The maximum Gasteiger partial charge on any atom is 0.362 e. The number of para-hydroxylation sites is 1. The molecule has 0 aliphatic heterocycles. The van der Waals surface area contributed by atoms with Crippen LogP contribution in [0, 0.1) is 5.82 Å². The van der Waals surface area contributed by atoms with Gasteiger partial charge >= 0.3 is 11.9 Å². The van der Waals surface area contributed by atoms with E-state index >= 15 is 0 Å². The molecule has 0 aliphatic rings. The summed E-state index contributed by atoms with van der Waals surface area (Å²) in [4.78, 5) is 28.3. The molecule has 5 nitrogen and oxygen atoms in total. The van der Waals surface area contributed by atoms with E-state index in [0.717, 1.165) is 25.3 Å². The average molecular weight is 408 g/mol. The zero-order chi connectivity index (χ0) is 20.4. The molecule has 0 saturated carbocycles. The molecule has 0 bridgehead atoms. The van der Waals surface area contributed by atoms with Crippen molar-refractivity contribution in [3.8, 4) is 5.75 Å². The number of halogens is 2. The van der Waals surface area contributed by atoms with Crippen molar-refractivity contribution in [2.24, 2.45) is 0 Å². The molecule has 2 aromatic rings. The Labute approximate surface area is 168 Å². The fraction of sp³-hybridized carbons (Fsp3) is 0.381. The molecule has 0 N–H and O–H groups in total. The van der Waals surface area contributed by atoms with Crippen molar-refractivity contribution in [2.75, 3.05) is 6.61 Å². The summed E-state index contributed by atoms with van der Waals surface area (Å²) in [5.41, 5.74) is -0.159. The first-order valence-corrected chi connectivity index (χ1v) is 9.71. The number of pyridine rings is 1. The SMILES string of the molecule is CCCCCCCCOC(=O)c1cccc(C(=O)Oc2c(F)cccc2Cl)n1. The third-order valence-electron chi connectivity index (χ3n) is 4.01. The minimum atomic E-state index is -0.919. The lowest BCUT2D eigenvalue weighted by atomic mass is 10.1. The van der Waals surface area contributed by atoms with Gasteiger partial charge in [0.15, 0.2) is 11.6 Å². The highest BCUT2D eigenvalue weighted by atomic mass is 35.5. The molecule has 0 unspecified atom stereocenters. The molecular formula is C21H23ClFNO4. The molecule has 0 spiro atoms. The lowest BCUT2D eigenvalue weighted by Crippen LogP contribution is -2.15. The van der Waals surface area contributed by atoms with Crippen LogP contribution < -0.4 is 4.74 Å². The van der Waals surface area contributed by atoms with E-state index in [-0.39, 0.29) is 22.2 Å². The van der Waals surface area contributed by atoms with Crippen LogP contribution in [0.15, 0.2) is 36.4 Å². The van der Waals surface area contributed by atoms with Crippen molar-refractivity contribution < 1.29 is 23.5 Å². The predicted octanol–water partition coefficient (Wildman–Crippen LogP) is 5.61. The van der Waals surface area contributed by atoms with Gasteiger partial charge in [-0.1, -0.05) is 62.8 Å². The van der Waals surface area contributed by atoms with E-state index in [2.05, 4.69) is 11.9 Å². The van der Waals surface area contributed by atoms with Gasteiger partial charge in [-0.2, -0.15) is 0 Å². The normalized spacial score (nSPS) is 10.5. The summed E-state index contributed by atoms with van der Waals surface area (Å²) in [5, 5.41) is -0.0390. The molecule has 1 aromatic carbocycles. The van der Waals surface area contributed by atoms with Gasteiger partial charge < -0.3 is 9.47 Å². The third-order valence-corrected chi connectivity index (χ3v) is 4.31. The van der Waals surface area contributed by atoms with E-state index in [0.29, 0.717) is 6.61 Å². The van der Waals surface area contributed by atoms with Crippen molar-refractivity contribution in [2.45, 2.75) is 45.4 Å². The average Bonchev–Trinajstić information content (AvgIpc) is 2.70. The van der Waals surface area contributed by atoms with Crippen LogP contribution >= 0.6 is 11.6 Å². The van der Waals surface area contributed by atoms with E-state index in [1.807, 2.05) is 0 Å². The van der Waals surface area contributed by atoms with Gasteiger partial charge in [0.1, 0.15) is 11.4 Å². The van der Waals surface area contributed by atoms with Crippen LogP contribution in [0.4, 0.5) is 4.39 Å². The predicted molar refractivity (Wildman–Crippen MR) is 104 cm³/mol. The van der Waals surface area contributed by atoms with Crippen molar-refractivity contribution in [3.05, 3.63) is 58.6 Å². The molecule has 0 aliphatic carbocycles. The summed E-state index contributed by atoms with van der Waals surface area (Å²) in [7, 11) is 0. The Morgan fingerprint density at radius 3 is 2.32 bits per heavy atom. The maximum atomic E-state index is 13.7. The summed E-state index contributed by atoms with van der Waals surface area (Å²) in [5.74, 6) is -2.69. The molecule has 0 atom stereocenters. The van der Waals surface area contributed by atoms with Gasteiger partial charge in [0, 0.05) is 0 Å². The number of carbonyl (C=O) groups excluding carboxylic acids is 2. The van der Waals surface area contributed by atoms with Gasteiger partial charge in [0.05, 0.1) is 11.6 Å².